The maximum atomic E-state index is 11.7. The van der Waals surface area contributed by atoms with Gasteiger partial charge < -0.3 is 0 Å². The first-order valence-electron chi connectivity index (χ1n) is 6.40. The first-order chi connectivity index (χ1) is 9.00. The zero-order valence-corrected chi connectivity index (χ0v) is 11.8. The number of hydrogen-bond acceptors (Lipinski definition) is 3. The van der Waals surface area contributed by atoms with Crippen LogP contribution in [0, 0.1) is 0 Å². The summed E-state index contributed by atoms with van der Waals surface area (Å²) in [4.78, 5) is 1.81. The molecule has 0 spiro atoms. The molecule has 2 unspecified atom stereocenters. The van der Waals surface area contributed by atoms with Crippen LogP contribution in [0.4, 0.5) is 0 Å². The highest BCUT2D eigenvalue weighted by Crippen LogP contribution is 2.27. The van der Waals surface area contributed by atoms with Gasteiger partial charge in [-0.05, 0) is 12.0 Å². The Labute approximate surface area is 114 Å². The van der Waals surface area contributed by atoms with Crippen LogP contribution >= 0.6 is 0 Å². The third kappa shape index (κ3) is 3.43. The molecule has 0 saturated heterocycles. The third-order valence-corrected chi connectivity index (χ3v) is 4.82. The second kappa shape index (κ2) is 5.86. The molecule has 0 radical (unpaired) electrons. The van der Waals surface area contributed by atoms with E-state index in [9.17, 15) is 13.0 Å². The van der Waals surface area contributed by atoms with Crippen molar-refractivity contribution >= 4 is 10.1 Å². The standard InChI is InChI=1S/C14H19NO3S/c1-12(13-8-4-2-5-9-13)14(19(16,17)18)15-10-6-3-7-11-15/h2-6,8-9,12,14H,7,10-11H2,1H3,(H,16,17,18). The number of rotatable bonds is 4. The predicted molar refractivity (Wildman–Crippen MR) is 75.5 cm³/mol. The van der Waals surface area contributed by atoms with E-state index in [0.29, 0.717) is 13.1 Å². The van der Waals surface area contributed by atoms with Crippen LogP contribution in [0.25, 0.3) is 0 Å². The molecule has 0 saturated carbocycles. The van der Waals surface area contributed by atoms with Gasteiger partial charge >= 0.3 is 0 Å². The molecule has 1 aliphatic rings. The summed E-state index contributed by atoms with van der Waals surface area (Å²) >= 11 is 0. The van der Waals surface area contributed by atoms with Crippen molar-refractivity contribution in [2.24, 2.45) is 0 Å². The van der Waals surface area contributed by atoms with Gasteiger partial charge in [-0.2, -0.15) is 8.42 Å². The largest absolute Gasteiger partial charge is 0.284 e. The highest BCUT2D eigenvalue weighted by molar-refractivity contribution is 7.86. The fraction of sp³-hybridized carbons (Fsp3) is 0.429. The van der Waals surface area contributed by atoms with Gasteiger partial charge in [-0.3, -0.25) is 9.45 Å². The molecule has 2 rings (SSSR count). The molecule has 4 nitrogen and oxygen atoms in total. The summed E-state index contributed by atoms with van der Waals surface area (Å²) in [6.45, 7) is 3.05. The Morgan fingerprint density at radius 3 is 2.42 bits per heavy atom. The SMILES string of the molecule is CC(c1ccccc1)C(N1CC=CCC1)S(=O)(=O)O. The lowest BCUT2D eigenvalue weighted by Gasteiger charge is -2.34. The minimum atomic E-state index is -4.12. The number of hydrogen-bond donors (Lipinski definition) is 1. The zero-order chi connectivity index (χ0) is 13.9. The normalized spacial score (nSPS) is 20.1. The lowest BCUT2D eigenvalue weighted by Crippen LogP contribution is -2.45. The summed E-state index contributed by atoms with van der Waals surface area (Å²) in [6, 6.07) is 9.43. The summed E-state index contributed by atoms with van der Waals surface area (Å²) in [5.74, 6) is -0.275. The fourth-order valence-corrected chi connectivity index (χ4v) is 3.82. The summed E-state index contributed by atoms with van der Waals surface area (Å²) in [5, 5.41) is -0.889. The van der Waals surface area contributed by atoms with Crippen molar-refractivity contribution in [1.29, 1.82) is 0 Å². The molecule has 1 aliphatic heterocycles. The molecular formula is C14H19NO3S. The van der Waals surface area contributed by atoms with Crippen LogP contribution in [0.5, 0.6) is 0 Å². The average Bonchev–Trinajstić information content (AvgIpc) is 2.39. The van der Waals surface area contributed by atoms with Crippen LogP contribution in [-0.2, 0) is 10.1 Å². The molecule has 1 heterocycles. The van der Waals surface area contributed by atoms with Crippen LogP contribution in [0.15, 0.2) is 42.5 Å². The van der Waals surface area contributed by atoms with Gasteiger partial charge in [0.2, 0.25) is 0 Å². The third-order valence-electron chi connectivity index (χ3n) is 3.51. The minimum Gasteiger partial charge on any atom is -0.284 e. The van der Waals surface area contributed by atoms with Gasteiger partial charge in [-0.25, -0.2) is 0 Å². The molecule has 1 N–H and O–H groups in total. The zero-order valence-electron chi connectivity index (χ0n) is 10.9. The number of benzene rings is 1. The van der Waals surface area contributed by atoms with Crippen LogP contribution in [0.3, 0.4) is 0 Å². The monoisotopic (exact) mass is 281 g/mol. The number of nitrogens with zero attached hydrogens (tertiary/aromatic N) is 1. The van der Waals surface area contributed by atoms with Gasteiger partial charge in [0.15, 0.2) is 0 Å². The lowest BCUT2D eigenvalue weighted by atomic mass is 10.00. The Morgan fingerprint density at radius 2 is 1.89 bits per heavy atom. The maximum absolute atomic E-state index is 11.7. The Balaban J connectivity index is 2.31. The first kappa shape index (κ1) is 14.2. The van der Waals surface area contributed by atoms with E-state index in [1.165, 1.54) is 0 Å². The van der Waals surface area contributed by atoms with E-state index in [-0.39, 0.29) is 5.92 Å². The van der Waals surface area contributed by atoms with Gasteiger partial charge in [0, 0.05) is 19.0 Å². The molecule has 2 atom stereocenters. The van der Waals surface area contributed by atoms with Gasteiger partial charge in [-0.15, -0.1) is 0 Å². The molecule has 0 bridgehead atoms. The van der Waals surface area contributed by atoms with Crippen molar-refractivity contribution in [2.75, 3.05) is 13.1 Å². The summed E-state index contributed by atoms with van der Waals surface area (Å²) in [5.41, 5.74) is 0.916. The van der Waals surface area contributed by atoms with Crippen LogP contribution < -0.4 is 0 Å². The van der Waals surface area contributed by atoms with E-state index < -0.39 is 15.5 Å². The molecule has 104 valence electrons. The van der Waals surface area contributed by atoms with Gasteiger partial charge in [0.1, 0.15) is 5.37 Å². The Hall–Kier alpha value is -1.17. The Bertz CT molecular complexity index is 539. The molecule has 0 fully saturated rings. The molecular weight excluding hydrogens is 262 g/mol. The molecule has 1 aromatic carbocycles. The van der Waals surface area contributed by atoms with E-state index in [1.807, 2.05) is 54.3 Å². The van der Waals surface area contributed by atoms with E-state index in [1.54, 1.807) is 0 Å². The van der Waals surface area contributed by atoms with Crippen molar-refractivity contribution in [2.45, 2.75) is 24.6 Å². The predicted octanol–water partition coefficient (Wildman–Crippen LogP) is 2.27. The minimum absolute atomic E-state index is 0.275. The maximum Gasteiger partial charge on any atom is 0.281 e. The van der Waals surface area contributed by atoms with Crippen molar-refractivity contribution in [3.63, 3.8) is 0 Å². The van der Waals surface area contributed by atoms with Gasteiger partial charge in [-0.1, -0.05) is 49.4 Å². The van der Waals surface area contributed by atoms with E-state index in [0.717, 1.165) is 12.0 Å². The lowest BCUT2D eigenvalue weighted by molar-refractivity contribution is 0.235. The quantitative estimate of drug-likeness (QED) is 0.679. The summed E-state index contributed by atoms with van der Waals surface area (Å²) in [7, 11) is -4.12. The van der Waals surface area contributed by atoms with Crippen LogP contribution in [0.1, 0.15) is 24.8 Å². The average molecular weight is 281 g/mol. The molecule has 19 heavy (non-hydrogen) atoms. The van der Waals surface area contributed by atoms with Crippen molar-refractivity contribution in [3.8, 4) is 0 Å². The molecule has 5 heteroatoms. The second-order valence-electron chi connectivity index (χ2n) is 4.86. The van der Waals surface area contributed by atoms with Crippen LogP contribution in [0.2, 0.25) is 0 Å². The van der Waals surface area contributed by atoms with Crippen molar-refractivity contribution in [3.05, 3.63) is 48.0 Å². The highest BCUT2D eigenvalue weighted by atomic mass is 32.2. The molecule has 1 aromatic rings. The highest BCUT2D eigenvalue weighted by Gasteiger charge is 2.35. The fourth-order valence-electron chi connectivity index (χ4n) is 2.57. The molecule has 0 amide bonds. The van der Waals surface area contributed by atoms with E-state index in [2.05, 4.69) is 0 Å². The summed E-state index contributed by atoms with van der Waals surface area (Å²) in [6.07, 6.45) is 4.79. The second-order valence-corrected chi connectivity index (χ2v) is 6.37. The van der Waals surface area contributed by atoms with Crippen molar-refractivity contribution < 1.29 is 13.0 Å². The summed E-state index contributed by atoms with van der Waals surface area (Å²) < 4.78 is 33.0. The van der Waals surface area contributed by atoms with Gasteiger partial charge in [0.25, 0.3) is 10.1 Å². The van der Waals surface area contributed by atoms with E-state index >= 15 is 0 Å². The molecule has 0 aliphatic carbocycles. The first-order valence-corrected chi connectivity index (χ1v) is 7.91. The smallest absolute Gasteiger partial charge is 0.281 e. The van der Waals surface area contributed by atoms with Gasteiger partial charge in [0.05, 0.1) is 0 Å². The topological polar surface area (TPSA) is 57.6 Å². The van der Waals surface area contributed by atoms with Crippen molar-refractivity contribution in [1.82, 2.24) is 4.90 Å². The Kier molecular flexibility index (Phi) is 4.39. The van der Waals surface area contributed by atoms with Crippen LogP contribution in [-0.4, -0.2) is 36.3 Å². The van der Waals surface area contributed by atoms with E-state index in [4.69, 9.17) is 0 Å². The Morgan fingerprint density at radius 1 is 1.21 bits per heavy atom. The molecule has 0 aromatic heterocycles.